The van der Waals surface area contributed by atoms with Gasteiger partial charge in [-0.1, -0.05) is 60.7 Å². The van der Waals surface area contributed by atoms with Gasteiger partial charge in [0.15, 0.2) is 0 Å². The third-order valence-corrected chi connectivity index (χ3v) is 6.72. The van der Waals surface area contributed by atoms with Crippen LogP contribution in [-0.2, 0) is 0 Å². The first-order valence-corrected chi connectivity index (χ1v) is 11.3. The lowest BCUT2D eigenvalue weighted by Crippen LogP contribution is -1.93. The molecule has 0 amide bonds. The Morgan fingerprint density at radius 3 is 2.15 bits per heavy atom. The lowest BCUT2D eigenvalue weighted by Gasteiger charge is -2.08. The standard InChI is InChI=1S/C31H21NO/c1-20-8-7-12-28-31(20)26-19-21(14-16-27(26)32(28)23-9-3-2-4-10-23)22-15-17-30-25(18-22)24-11-5-6-13-29(24)33-30/h2-19H,1H3. The van der Waals surface area contributed by atoms with E-state index >= 15 is 0 Å². The second-order valence-corrected chi connectivity index (χ2v) is 8.68. The number of rotatable bonds is 2. The maximum atomic E-state index is 6.04. The van der Waals surface area contributed by atoms with Gasteiger partial charge < -0.3 is 8.98 Å². The number of aryl methyl sites for hydroxylation is 1. The fraction of sp³-hybridized carbons (Fsp3) is 0.0323. The first-order chi connectivity index (χ1) is 16.3. The molecule has 0 saturated carbocycles. The van der Waals surface area contributed by atoms with E-state index < -0.39 is 0 Å². The van der Waals surface area contributed by atoms with E-state index in [2.05, 4.69) is 109 Å². The summed E-state index contributed by atoms with van der Waals surface area (Å²) < 4.78 is 8.41. The number of hydrogen-bond acceptors (Lipinski definition) is 1. The molecule has 0 atom stereocenters. The summed E-state index contributed by atoms with van der Waals surface area (Å²) >= 11 is 0. The van der Waals surface area contributed by atoms with Crippen LogP contribution in [0.1, 0.15) is 5.56 Å². The van der Waals surface area contributed by atoms with Crippen molar-refractivity contribution in [2.24, 2.45) is 0 Å². The van der Waals surface area contributed by atoms with Crippen molar-refractivity contribution < 1.29 is 4.42 Å². The van der Waals surface area contributed by atoms with Crippen molar-refractivity contribution in [1.29, 1.82) is 0 Å². The van der Waals surface area contributed by atoms with Gasteiger partial charge in [0, 0.05) is 27.2 Å². The Kier molecular flexibility index (Phi) is 3.80. The van der Waals surface area contributed by atoms with Crippen molar-refractivity contribution >= 4 is 43.7 Å². The van der Waals surface area contributed by atoms with Crippen molar-refractivity contribution in [1.82, 2.24) is 4.57 Å². The monoisotopic (exact) mass is 423 g/mol. The van der Waals surface area contributed by atoms with Crippen LogP contribution in [0, 0.1) is 6.92 Å². The Bertz CT molecular complexity index is 1820. The third-order valence-electron chi connectivity index (χ3n) is 6.72. The van der Waals surface area contributed by atoms with E-state index in [0.717, 1.165) is 21.9 Å². The minimum atomic E-state index is 0.928. The highest BCUT2D eigenvalue weighted by atomic mass is 16.3. The summed E-state index contributed by atoms with van der Waals surface area (Å²) in [4.78, 5) is 0. The van der Waals surface area contributed by atoms with Crippen molar-refractivity contribution in [3.8, 4) is 16.8 Å². The minimum Gasteiger partial charge on any atom is -0.456 e. The Balaban J connectivity index is 1.51. The zero-order valence-electron chi connectivity index (χ0n) is 18.2. The molecular weight excluding hydrogens is 402 g/mol. The van der Waals surface area contributed by atoms with E-state index in [4.69, 9.17) is 4.42 Å². The SMILES string of the molecule is Cc1cccc2c1c1cc(-c3ccc4oc5ccccc5c4c3)ccc1n2-c1ccccc1. The molecule has 0 bridgehead atoms. The maximum absolute atomic E-state index is 6.04. The summed E-state index contributed by atoms with van der Waals surface area (Å²) in [7, 11) is 0. The van der Waals surface area contributed by atoms with Crippen LogP contribution in [0.25, 0.3) is 60.6 Å². The number of fused-ring (bicyclic) bond motifs is 6. The Morgan fingerprint density at radius 1 is 0.545 bits per heavy atom. The molecule has 2 aromatic heterocycles. The van der Waals surface area contributed by atoms with Crippen molar-refractivity contribution in [2.45, 2.75) is 6.92 Å². The molecule has 5 aromatic carbocycles. The molecule has 0 unspecified atom stereocenters. The number of para-hydroxylation sites is 2. The Hall–Kier alpha value is -4.30. The van der Waals surface area contributed by atoms with Gasteiger partial charge in [-0.05, 0) is 72.1 Å². The van der Waals surface area contributed by atoms with Gasteiger partial charge in [0.1, 0.15) is 11.2 Å². The summed E-state index contributed by atoms with van der Waals surface area (Å²) in [5.74, 6) is 0. The zero-order chi connectivity index (χ0) is 21.9. The van der Waals surface area contributed by atoms with Gasteiger partial charge in [0.2, 0.25) is 0 Å². The highest BCUT2D eigenvalue weighted by molar-refractivity contribution is 6.12. The van der Waals surface area contributed by atoms with Gasteiger partial charge in [-0.25, -0.2) is 0 Å². The van der Waals surface area contributed by atoms with Crippen LogP contribution in [0.3, 0.4) is 0 Å². The van der Waals surface area contributed by atoms with Crippen LogP contribution in [0.5, 0.6) is 0 Å². The van der Waals surface area contributed by atoms with Crippen molar-refractivity contribution in [3.05, 3.63) is 115 Å². The quantitative estimate of drug-likeness (QED) is 0.272. The predicted octanol–water partition coefficient (Wildman–Crippen LogP) is 8.66. The highest BCUT2D eigenvalue weighted by Crippen LogP contribution is 2.38. The molecule has 0 N–H and O–H groups in total. The number of nitrogens with zero attached hydrogens (tertiary/aromatic N) is 1. The zero-order valence-corrected chi connectivity index (χ0v) is 18.2. The van der Waals surface area contributed by atoms with E-state index in [0.29, 0.717) is 0 Å². The van der Waals surface area contributed by atoms with Crippen LogP contribution in [0.2, 0.25) is 0 Å². The molecule has 156 valence electrons. The summed E-state index contributed by atoms with van der Waals surface area (Å²) in [6.45, 7) is 2.20. The lowest BCUT2D eigenvalue weighted by molar-refractivity contribution is 0.669. The van der Waals surface area contributed by atoms with E-state index in [1.807, 2.05) is 12.1 Å². The Labute approximate surface area is 191 Å². The number of furan rings is 1. The van der Waals surface area contributed by atoms with Crippen molar-refractivity contribution in [2.75, 3.05) is 0 Å². The molecule has 2 nitrogen and oxygen atoms in total. The lowest BCUT2D eigenvalue weighted by atomic mass is 10.00. The highest BCUT2D eigenvalue weighted by Gasteiger charge is 2.15. The second-order valence-electron chi connectivity index (χ2n) is 8.68. The average molecular weight is 424 g/mol. The topological polar surface area (TPSA) is 18.1 Å². The van der Waals surface area contributed by atoms with Crippen LogP contribution in [0.15, 0.2) is 114 Å². The molecule has 7 aromatic rings. The number of hydrogen-bond donors (Lipinski definition) is 0. The fourth-order valence-corrected chi connectivity index (χ4v) is 5.19. The molecule has 0 radical (unpaired) electrons. The summed E-state index contributed by atoms with van der Waals surface area (Å²) in [5.41, 5.74) is 9.21. The molecule has 7 rings (SSSR count). The summed E-state index contributed by atoms with van der Waals surface area (Å²) in [6.07, 6.45) is 0. The Morgan fingerprint density at radius 2 is 1.27 bits per heavy atom. The van der Waals surface area contributed by atoms with E-state index in [1.54, 1.807) is 0 Å². The summed E-state index contributed by atoms with van der Waals surface area (Å²) in [5, 5.41) is 4.91. The first kappa shape index (κ1) is 18.3. The molecule has 33 heavy (non-hydrogen) atoms. The molecule has 2 heteroatoms. The van der Waals surface area contributed by atoms with E-state index in [1.165, 1.54) is 44.2 Å². The number of benzene rings is 5. The van der Waals surface area contributed by atoms with Gasteiger partial charge in [0.25, 0.3) is 0 Å². The maximum Gasteiger partial charge on any atom is 0.135 e. The minimum absolute atomic E-state index is 0.928. The smallest absolute Gasteiger partial charge is 0.135 e. The van der Waals surface area contributed by atoms with Crippen molar-refractivity contribution in [3.63, 3.8) is 0 Å². The predicted molar refractivity (Wildman–Crippen MR) is 138 cm³/mol. The molecule has 0 saturated heterocycles. The third kappa shape index (κ3) is 2.68. The molecule has 2 heterocycles. The van der Waals surface area contributed by atoms with Gasteiger partial charge in [-0.15, -0.1) is 0 Å². The molecule has 0 aliphatic rings. The molecule has 0 spiro atoms. The van der Waals surface area contributed by atoms with Gasteiger partial charge in [0.05, 0.1) is 11.0 Å². The van der Waals surface area contributed by atoms with Crippen LogP contribution in [0.4, 0.5) is 0 Å². The average Bonchev–Trinajstić information content (AvgIpc) is 3.40. The second kappa shape index (κ2) is 6.85. The number of aromatic nitrogens is 1. The van der Waals surface area contributed by atoms with Crippen LogP contribution < -0.4 is 0 Å². The normalized spacial score (nSPS) is 11.8. The largest absolute Gasteiger partial charge is 0.456 e. The molecule has 0 aliphatic heterocycles. The van der Waals surface area contributed by atoms with Gasteiger partial charge >= 0.3 is 0 Å². The fourth-order valence-electron chi connectivity index (χ4n) is 5.19. The summed E-state index contributed by atoms with van der Waals surface area (Å²) in [6, 6.07) is 38.8. The molecule has 0 aliphatic carbocycles. The van der Waals surface area contributed by atoms with Crippen LogP contribution >= 0.6 is 0 Å². The molecule has 0 fully saturated rings. The molecular formula is C31H21NO. The first-order valence-electron chi connectivity index (χ1n) is 11.3. The van der Waals surface area contributed by atoms with E-state index in [-0.39, 0.29) is 0 Å². The van der Waals surface area contributed by atoms with Gasteiger partial charge in [-0.3, -0.25) is 0 Å². The van der Waals surface area contributed by atoms with E-state index in [9.17, 15) is 0 Å². The van der Waals surface area contributed by atoms with Gasteiger partial charge in [-0.2, -0.15) is 0 Å². The van der Waals surface area contributed by atoms with Crippen LogP contribution in [-0.4, -0.2) is 4.57 Å².